The maximum atomic E-state index is 12.4. The molecule has 1 N–H and O–H groups in total. The van der Waals surface area contributed by atoms with Crippen LogP contribution in [0.25, 0.3) is 0 Å². The van der Waals surface area contributed by atoms with Crippen molar-refractivity contribution in [2.24, 2.45) is 0 Å². The molecule has 3 rings (SSSR count). The van der Waals surface area contributed by atoms with Gasteiger partial charge < -0.3 is 10.1 Å². The Balaban J connectivity index is 1.63. The van der Waals surface area contributed by atoms with E-state index in [4.69, 9.17) is 4.74 Å². The van der Waals surface area contributed by atoms with Gasteiger partial charge in [-0.1, -0.05) is 42.5 Å². The Morgan fingerprint density at radius 2 is 1.82 bits per heavy atom. The first-order valence-electron chi connectivity index (χ1n) is 9.45. The molecule has 0 bridgehead atoms. The van der Waals surface area contributed by atoms with E-state index in [9.17, 15) is 4.79 Å². The van der Waals surface area contributed by atoms with Crippen molar-refractivity contribution in [1.82, 2.24) is 15.1 Å². The van der Waals surface area contributed by atoms with E-state index in [1.807, 2.05) is 54.9 Å². The number of ether oxygens (including phenoxy) is 1. The third-order valence-electron chi connectivity index (χ3n) is 5.01. The van der Waals surface area contributed by atoms with Crippen LogP contribution in [0.15, 0.2) is 48.5 Å². The van der Waals surface area contributed by atoms with Gasteiger partial charge in [-0.25, -0.2) is 0 Å². The minimum atomic E-state index is -0.0134. The summed E-state index contributed by atoms with van der Waals surface area (Å²) < 4.78 is 7.33. The Bertz CT molecular complexity index is 961. The summed E-state index contributed by atoms with van der Waals surface area (Å²) in [4.78, 5) is 12.4. The zero-order chi connectivity index (χ0) is 20.1. The second kappa shape index (κ2) is 8.74. The topological polar surface area (TPSA) is 56.1 Å². The van der Waals surface area contributed by atoms with Gasteiger partial charge in [0, 0.05) is 17.8 Å². The molecule has 1 heterocycles. The maximum Gasteiger partial charge on any atom is 0.224 e. The Kier molecular flexibility index (Phi) is 6.14. The zero-order valence-corrected chi connectivity index (χ0v) is 17.0. The maximum absolute atomic E-state index is 12.4. The van der Waals surface area contributed by atoms with Crippen molar-refractivity contribution < 1.29 is 9.53 Å². The van der Waals surface area contributed by atoms with Gasteiger partial charge in [0.25, 0.3) is 0 Å². The molecule has 0 aliphatic carbocycles. The summed E-state index contributed by atoms with van der Waals surface area (Å²) in [7, 11) is 1.64. The molecule has 0 atom stereocenters. The van der Waals surface area contributed by atoms with Gasteiger partial charge in [0.1, 0.15) is 5.75 Å². The summed E-state index contributed by atoms with van der Waals surface area (Å²) in [5.74, 6) is 0.791. The van der Waals surface area contributed by atoms with Gasteiger partial charge in [-0.05, 0) is 43.5 Å². The number of methoxy groups -OCH3 is 1. The fraction of sp³-hybridized carbons (Fsp3) is 0.304. The van der Waals surface area contributed by atoms with Gasteiger partial charge in [0.15, 0.2) is 0 Å². The van der Waals surface area contributed by atoms with E-state index in [0.29, 0.717) is 13.0 Å². The van der Waals surface area contributed by atoms with Crippen LogP contribution in [0.3, 0.4) is 0 Å². The zero-order valence-electron chi connectivity index (χ0n) is 17.0. The van der Waals surface area contributed by atoms with Crippen molar-refractivity contribution in [3.05, 3.63) is 82.2 Å². The SMILES string of the molecule is COc1cc(CC(=O)NCc2c(C)nn(Cc3ccccc3)c2C)ccc1C. The van der Waals surface area contributed by atoms with E-state index in [1.165, 1.54) is 5.56 Å². The lowest BCUT2D eigenvalue weighted by Gasteiger charge is -2.09. The molecule has 1 amide bonds. The lowest BCUT2D eigenvalue weighted by Crippen LogP contribution is -2.25. The molecule has 0 aliphatic rings. The monoisotopic (exact) mass is 377 g/mol. The molecule has 3 aromatic rings. The highest BCUT2D eigenvalue weighted by Crippen LogP contribution is 2.19. The number of aryl methyl sites for hydroxylation is 2. The molecule has 0 spiro atoms. The molecule has 28 heavy (non-hydrogen) atoms. The average Bonchev–Trinajstić information content (AvgIpc) is 2.95. The molecule has 0 unspecified atom stereocenters. The Morgan fingerprint density at radius 3 is 2.54 bits per heavy atom. The van der Waals surface area contributed by atoms with Gasteiger partial charge >= 0.3 is 0 Å². The van der Waals surface area contributed by atoms with Crippen LogP contribution in [0.2, 0.25) is 0 Å². The van der Waals surface area contributed by atoms with Gasteiger partial charge in [-0.2, -0.15) is 5.10 Å². The van der Waals surface area contributed by atoms with E-state index >= 15 is 0 Å². The van der Waals surface area contributed by atoms with Crippen molar-refractivity contribution >= 4 is 5.91 Å². The normalized spacial score (nSPS) is 10.7. The first-order valence-corrected chi connectivity index (χ1v) is 9.45. The van der Waals surface area contributed by atoms with Gasteiger partial charge in [0.2, 0.25) is 5.91 Å². The second-order valence-electron chi connectivity index (χ2n) is 7.05. The van der Waals surface area contributed by atoms with Crippen molar-refractivity contribution in [1.29, 1.82) is 0 Å². The molecule has 0 fully saturated rings. The van der Waals surface area contributed by atoms with E-state index in [-0.39, 0.29) is 5.91 Å². The van der Waals surface area contributed by atoms with Crippen molar-refractivity contribution in [3.8, 4) is 5.75 Å². The van der Waals surface area contributed by atoms with Crippen LogP contribution in [0.5, 0.6) is 5.75 Å². The molecule has 0 radical (unpaired) electrons. The first-order chi connectivity index (χ1) is 13.5. The number of carbonyl (C=O) groups excluding carboxylic acids is 1. The predicted molar refractivity (Wildman–Crippen MR) is 111 cm³/mol. The third-order valence-corrected chi connectivity index (χ3v) is 5.01. The Hall–Kier alpha value is -3.08. The molecular formula is C23H27N3O2. The smallest absolute Gasteiger partial charge is 0.224 e. The van der Waals surface area contributed by atoms with Crippen LogP contribution < -0.4 is 10.1 Å². The molecule has 0 saturated carbocycles. The molecule has 5 heteroatoms. The molecule has 0 saturated heterocycles. The van der Waals surface area contributed by atoms with Gasteiger partial charge in [-0.3, -0.25) is 9.48 Å². The summed E-state index contributed by atoms with van der Waals surface area (Å²) in [5, 5.41) is 7.67. The van der Waals surface area contributed by atoms with Crippen LogP contribution in [0.4, 0.5) is 0 Å². The van der Waals surface area contributed by atoms with Crippen LogP contribution in [-0.2, 0) is 24.3 Å². The highest BCUT2D eigenvalue weighted by Gasteiger charge is 2.13. The lowest BCUT2D eigenvalue weighted by molar-refractivity contribution is -0.120. The number of amides is 1. The largest absolute Gasteiger partial charge is 0.496 e. The quantitative estimate of drug-likeness (QED) is 0.683. The van der Waals surface area contributed by atoms with Gasteiger partial charge in [-0.15, -0.1) is 0 Å². The number of rotatable bonds is 7. The number of hydrogen-bond donors (Lipinski definition) is 1. The standard InChI is InChI=1S/C23H27N3O2/c1-16-10-11-20(12-22(16)28-4)13-23(27)24-14-21-17(2)25-26(18(21)3)15-19-8-6-5-7-9-19/h5-12H,13-15H2,1-4H3,(H,24,27). The van der Waals surface area contributed by atoms with Crippen molar-refractivity contribution in [2.75, 3.05) is 7.11 Å². The summed E-state index contributed by atoms with van der Waals surface area (Å²) in [6.45, 7) is 7.23. The number of hydrogen-bond acceptors (Lipinski definition) is 3. The second-order valence-corrected chi connectivity index (χ2v) is 7.05. The Morgan fingerprint density at radius 1 is 1.07 bits per heavy atom. The molecule has 146 valence electrons. The summed E-state index contributed by atoms with van der Waals surface area (Å²) in [6, 6.07) is 16.1. The Labute approximate surface area is 166 Å². The average molecular weight is 377 g/mol. The minimum Gasteiger partial charge on any atom is -0.496 e. The van der Waals surface area contributed by atoms with Crippen molar-refractivity contribution in [2.45, 2.75) is 40.3 Å². The highest BCUT2D eigenvalue weighted by atomic mass is 16.5. The molecule has 1 aromatic heterocycles. The number of carbonyl (C=O) groups is 1. The lowest BCUT2D eigenvalue weighted by atomic mass is 10.1. The molecule has 5 nitrogen and oxygen atoms in total. The van der Waals surface area contributed by atoms with Gasteiger partial charge in [0.05, 0.1) is 25.8 Å². The fourth-order valence-corrected chi connectivity index (χ4v) is 3.31. The van der Waals surface area contributed by atoms with E-state index < -0.39 is 0 Å². The number of benzene rings is 2. The molecular weight excluding hydrogens is 350 g/mol. The molecule has 2 aromatic carbocycles. The number of aromatic nitrogens is 2. The van der Waals surface area contributed by atoms with E-state index in [2.05, 4.69) is 29.5 Å². The fourth-order valence-electron chi connectivity index (χ4n) is 3.31. The molecule has 0 aliphatic heterocycles. The first kappa shape index (κ1) is 19.7. The predicted octanol–water partition coefficient (Wildman–Crippen LogP) is 3.72. The number of nitrogens with zero attached hydrogens (tertiary/aromatic N) is 2. The van der Waals surface area contributed by atoms with Crippen LogP contribution in [0, 0.1) is 20.8 Å². The van der Waals surface area contributed by atoms with Crippen LogP contribution >= 0.6 is 0 Å². The van der Waals surface area contributed by atoms with Crippen molar-refractivity contribution in [3.63, 3.8) is 0 Å². The minimum absolute atomic E-state index is 0.0134. The van der Waals surface area contributed by atoms with E-state index in [0.717, 1.165) is 40.4 Å². The van der Waals surface area contributed by atoms with Crippen LogP contribution in [0.1, 0.15) is 33.6 Å². The highest BCUT2D eigenvalue weighted by molar-refractivity contribution is 5.78. The summed E-state index contributed by atoms with van der Waals surface area (Å²) in [5.41, 5.74) is 6.31. The van der Waals surface area contributed by atoms with Crippen LogP contribution in [-0.4, -0.2) is 22.8 Å². The van der Waals surface area contributed by atoms with E-state index in [1.54, 1.807) is 7.11 Å². The summed E-state index contributed by atoms with van der Waals surface area (Å²) in [6.07, 6.45) is 0.326. The number of nitrogens with one attached hydrogen (secondary N) is 1. The summed E-state index contributed by atoms with van der Waals surface area (Å²) >= 11 is 0. The third kappa shape index (κ3) is 4.60.